The number of carbonyl (C=O) groups excluding carboxylic acids is 1. The number of benzene rings is 1. The summed E-state index contributed by atoms with van der Waals surface area (Å²) in [6.45, 7) is -3.01. The summed E-state index contributed by atoms with van der Waals surface area (Å²) in [5, 5.41) is 2.64. The van der Waals surface area contributed by atoms with Gasteiger partial charge in [-0.3, -0.25) is 4.79 Å². The van der Waals surface area contributed by atoms with Crippen molar-refractivity contribution in [3.63, 3.8) is 0 Å². The van der Waals surface area contributed by atoms with Crippen molar-refractivity contribution in [2.24, 2.45) is 0 Å². The summed E-state index contributed by atoms with van der Waals surface area (Å²) in [6, 6.07) is 6.10. The molecule has 1 N–H and O–H groups in total. The highest BCUT2D eigenvalue weighted by molar-refractivity contribution is 5.75. The summed E-state index contributed by atoms with van der Waals surface area (Å²) < 4.78 is 32.7. The van der Waals surface area contributed by atoms with Crippen molar-refractivity contribution in [3.05, 3.63) is 24.3 Å². The molecule has 1 aromatic carbocycles. The molecule has 0 bridgehead atoms. The van der Waals surface area contributed by atoms with E-state index in [2.05, 4.69) is 14.8 Å². The van der Waals surface area contributed by atoms with Crippen LogP contribution in [0.15, 0.2) is 24.3 Å². The van der Waals surface area contributed by atoms with Gasteiger partial charge in [0, 0.05) is 0 Å². The van der Waals surface area contributed by atoms with Gasteiger partial charge in [-0.25, -0.2) is 0 Å². The van der Waals surface area contributed by atoms with Gasteiger partial charge in [0.25, 0.3) is 0 Å². The zero-order valence-electron chi connectivity index (χ0n) is 8.57. The van der Waals surface area contributed by atoms with Gasteiger partial charge in [0.1, 0.15) is 12.3 Å². The molecule has 6 heteroatoms. The van der Waals surface area contributed by atoms with Crippen LogP contribution in [0.2, 0.25) is 0 Å². The fraction of sp³-hybridized carbons (Fsp3) is 0.300. The van der Waals surface area contributed by atoms with Crippen LogP contribution in [0, 0.1) is 0 Å². The van der Waals surface area contributed by atoms with Gasteiger partial charge in [-0.05, 0) is 12.1 Å². The van der Waals surface area contributed by atoms with Crippen LogP contribution in [0.3, 0.4) is 0 Å². The Labute approximate surface area is 91.2 Å². The third kappa shape index (κ3) is 3.72. The van der Waals surface area contributed by atoms with Crippen molar-refractivity contribution in [3.8, 4) is 5.75 Å². The lowest BCUT2D eigenvalue weighted by Crippen LogP contribution is -2.16. The Kier molecular flexibility index (Phi) is 4.50. The van der Waals surface area contributed by atoms with Crippen LogP contribution in [0.25, 0.3) is 0 Å². The molecule has 0 saturated heterocycles. The average molecular weight is 231 g/mol. The lowest BCUT2D eigenvalue weighted by Gasteiger charge is -2.11. The number of methoxy groups -OCH3 is 1. The smallest absolute Gasteiger partial charge is 0.387 e. The maximum Gasteiger partial charge on any atom is 0.387 e. The molecule has 0 aliphatic heterocycles. The SMILES string of the molecule is COC(=O)CNc1ccccc1OC(F)F. The molecule has 0 atom stereocenters. The first-order chi connectivity index (χ1) is 7.63. The molecular formula is C10H11F2NO3. The van der Waals surface area contributed by atoms with E-state index >= 15 is 0 Å². The Balaban J connectivity index is 2.67. The van der Waals surface area contributed by atoms with E-state index in [1.165, 1.54) is 19.2 Å². The number of ether oxygens (including phenoxy) is 2. The minimum atomic E-state index is -2.90. The Morgan fingerprint density at radius 2 is 2.12 bits per heavy atom. The predicted octanol–water partition coefficient (Wildman–Crippen LogP) is 1.87. The van der Waals surface area contributed by atoms with Crippen molar-refractivity contribution >= 4 is 11.7 Å². The lowest BCUT2D eigenvalue weighted by atomic mass is 10.3. The topological polar surface area (TPSA) is 47.6 Å². The largest absolute Gasteiger partial charge is 0.468 e. The van der Waals surface area contributed by atoms with Gasteiger partial charge in [-0.2, -0.15) is 8.78 Å². The van der Waals surface area contributed by atoms with E-state index in [1.54, 1.807) is 12.1 Å². The van der Waals surface area contributed by atoms with E-state index < -0.39 is 12.6 Å². The van der Waals surface area contributed by atoms with Crippen molar-refractivity contribution in [2.75, 3.05) is 19.0 Å². The molecule has 0 radical (unpaired) electrons. The van der Waals surface area contributed by atoms with Gasteiger partial charge in [0.05, 0.1) is 12.8 Å². The lowest BCUT2D eigenvalue weighted by molar-refractivity contribution is -0.138. The van der Waals surface area contributed by atoms with Crippen LogP contribution in [0.1, 0.15) is 0 Å². The highest BCUT2D eigenvalue weighted by atomic mass is 19.3. The standard InChI is InChI=1S/C10H11F2NO3/c1-15-9(14)6-13-7-4-2-3-5-8(7)16-10(11)12/h2-5,10,13H,6H2,1H3. The van der Waals surface area contributed by atoms with E-state index in [4.69, 9.17) is 0 Å². The molecule has 4 nitrogen and oxygen atoms in total. The number of halogens is 2. The minimum absolute atomic E-state index is 0.0126. The zero-order valence-corrected chi connectivity index (χ0v) is 8.57. The first-order valence-corrected chi connectivity index (χ1v) is 4.48. The molecule has 0 aliphatic carbocycles. The van der Waals surface area contributed by atoms with Crippen molar-refractivity contribution in [2.45, 2.75) is 6.61 Å². The van der Waals surface area contributed by atoms with Gasteiger partial charge < -0.3 is 14.8 Å². The molecule has 0 fully saturated rings. The maximum absolute atomic E-state index is 12.0. The molecule has 1 rings (SSSR count). The molecule has 0 saturated carbocycles. The molecular weight excluding hydrogens is 220 g/mol. The number of carbonyl (C=O) groups is 1. The molecule has 88 valence electrons. The Bertz CT molecular complexity index is 358. The molecule has 0 aromatic heterocycles. The Morgan fingerprint density at radius 1 is 1.44 bits per heavy atom. The zero-order chi connectivity index (χ0) is 12.0. The molecule has 0 heterocycles. The highest BCUT2D eigenvalue weighted by Crippen LogP contribution is 2.25. The van der Waals surface area contributed by atoms with Gasteiger partial charge >= 0.3 is 12.6 Å². The first-order valence-electron chi connectivity index (χ1n) is 4.48. The van der Waals surface area contributed by atoms with E-state index in [0.29, 0.717) is 5.69 Å². The van der Waals surface area contributed by atoms with Crippen LogP contribution in [0.4, 0.5) is 14.5 Å². The van der Waals surface area contributed by atoms with E-state index in [0.717, 1.165) is 0 Å². The third-order valence-corrected chi connectivity index (χ3v) is 1.75. The molecule has 0 aliphatic rings. The van der Waals surface area contributed by atoms with Gasteiger partial charge in [-0.1, -0.05) is 12.1 Å². The number of hydrogen-bond donors (Lipinski definition) is 1. The number of alkyl halides is 2. The van der Waals surface area contributed by atoms with Gasteiger partial charge in [0.15, 0.2) is 0 Å². The van der Waals surface area contributed by atoms with E-state index in [9.17, 15) is 13.6 Å². The van der Waals surface area contributed by atoms with Gasteiger partial charge in [0.2, 0.25) is 0 Å². The second-order valence-corrected chi connectivity index (χ2v) is 2.80. The summed E-state index contributed by atoms with van der Waals surface area (Å²) in [5.41, 5.74) is 0.313. The second kappa shape index (κ2) is 5.89. The quantitative estimate of drug-likeness (QED) is 0.786. The minimum Gasteiger partial charge on any atom is -0.468 e. The molecule has 0 unspecified atom stereocenters. The first kappa shape index (κ1) is 12.2. The number of anilines is 1. The summed E-state index contributed by atoms with van der Waals surface area (Å²) in [4.78, 5) is 10.8. The van der Waals surface area contributed by atoms with Crippen LogP contribution in [-0.4, -0.2) is 26.2 Å². The number of rotatable bonds is 5. The predicted molar refractivity (Wildman–Crippen MR) is 53.6 cm³/mol. The van der Waals surface area contributed by atoms with Crippen molar-refractivity contribution < 1.29 is 23.0 Å². The average Bonchev–Trinajstić information content (AvgIpc) is 2.26. The monoisotopic (exact) mass is 231 g/mol. The fourth-order valence-corrected chi connectivity index (χ4v) is 1.05. The fourth-order valence-electron chi connectivity index (χ4n) is 1.05. The molecule has 16 heavy (non-hydrogen) atoms. The van der Waals surface area contributed by atoms with Crippen molar-refractivity contribution in [1.29, 1.82) is 0 Å². The summed E-state index contributed by atoms with van der Waals surface area (Å²) >= 11 is 0. The van der Waals surface area contributed by atoms with Crippen LogP contribution < -0.4 is 10.1 Å². The number of esters is 1. The van der Waals surface area contributed by atoms with Gasteiger partial charge in [-0.15, -0.1) is 0 Å². The normalized spacial score (nSPS) is 10.0. The van der Waals surface area contributed by atoms with Crippen LogP contribution >= 0.6 is 0 Å². The van der Waals surface area contributed by atoms with Crippen LogP contribution in [-0.2, 0) is 9.53 Å². The van der Waals surface area contributed by atoms with E-state index in [-0.39, 0.29) is 12.3 Å². The Hall–Kier alpha value is -1.85. The number of nitrogens with one attached hydrogen (secondary N) is 1. The molecule has 1 aromatic rings. The number of hydrogen-bond acceptors (Lipinski definition) is 4. The third-order valence-electron chi connectivity index (χ3n) is 1.75. The second-order valence-electron chi connectivity index (χ2n) is 2.80. The summed E-state index contributed by atoms with van der Waals surface area (Å²) in [7, 11) is 1.24. The Morgan fingerprint density at radius 3 is 2.75 bits per heavy atom. The van der Waals surface area contributed by atoms with E-state index in [1.807, 2.05) is 0 Å². The summed E-state index contributed by atoms with van der Waals surface area (Å²) in [6.07, 6.45) is 0. The maximum atomic E-state index is 12.0. The van der Waals surface area contributed by atoms with Crippen LogP contribution in [0.5, 0.6) is 5.75 Å². The summed E-state index contributed by atoms with van der Waals surface area (Å²) in [5.74, 6) is -0.506. The molecule has 0 spiro atoms. The highest BCUT2D eigenvalue weighted by Gasteiger charge is 2.09. The van der Waals surface area contributed by atoms with Crippen molar-refractivity contribution in [1.82, 2.24) is 0 Å². The number of para-hydroxylation sites is 2. The molecule has 0 amide bonds.